The Kier molecular flexibility index (Phi) is 4.90. The van der Waals surface area contributed by atoms with Gasteiger partial charge >= 0.3 is 7.12 Å². The van der Waals surface area contributed by atoms with Crippen LogP contribution in [0.2, 0.25) is 0 Å². The van der Waals surface area contributed by atoms with Gasteiger partial charge < -0.3 is 10.0 Å². The Morgan fingerprint density at radius 3 is 2.25 bits per heavy atom. The lowest BCUT2D eigenvalue weighted by Gasteiger charge is -2.17. The lowest BCUT2D eigenvalue weighted by molar-refractivity contribution is 0.313. The molecule has 2 aromatic rings. The van der Waals surface area contributed by atoms with Crippen molar-refractivity contribution in [3.05, 3.63) is 65.5 Å². The number of halogens is 1. The molecular weight excluding hydrogens is 256 g/mol. The predicted molar refractivity (Wildman–Crippen MR) is 77.8 cm³/mol. The molecule has 0 aliphatic rings. The first-order chi connectivity index (χ1) is 9.56. The van der Waals surface area contributed by atoms with E-state index >= 15 is 0 Å². The maximum atomic E-state index is 13.5. The molecule has 0 atom stereocenters. The summed E-state index contributed by atoms with van der Waals surface area (Å²) in [6.07, 6.45) is 0. The highest BCUT2D eigenvalue weighted by Gasteiger charge is 2.10. The third-order valence-corrected chi connectivity index (χ3v) is 3.13. The molecule has 0 unspecified atom stereocenters. The molecule has 0 amide bonds. The molecule has 0 heterocycles. The highest BCUT2D eigenvalue weighted by molar-refractivity contribution is 6.58. The molecule has 2 aromatic carbocycles. The Morgan fingerprint density at radius 1 is 1.00 bits per heavy atom. The third kappa shape index (κ3) is 3.90. The van der Waals surface area contributed by atoms with E-state index < -0.39 is 7.12 Å². The van der Waals surface area contributed by atoms with Crippen molar-refractivity contribution in [2.75, 3.05) is 7.05 Å². The van der Waals surface area contributed by atoms with Gasteiger partial charge in [0.05, 0.1) is 0 Å². The molecule has 0 saturated heterocycles. The Labute approximate surface area is 118 Å². The summed E-state index contributed by atoms with van der Waals surface area (Å²) in [5.74, 6) is -0.196. The Hall–Kier alpha value is -1.69. The van der Waals surface area contributed by atoms with Crippen molar-refractivity contribution in [1.29, 1.82) is 0 Å². The molecular formula is C15H17BFNO2. The Balaban J connectivity index is 1.97. The predicted octanol–water partition coefficient (Wildman–Crippen LogP) is 1.14. The summed E-state index contributed by atoms with van der Waals surface area (Å²) in [6, 6.07) is 13.8. The van der Waals surface area contributed by atoms with Gasteiger partial charge in [-0.2, -0.15) is 0 Å². The first-order valence-corrected chi connectivity index (χ1v) is 6.43. The van der Waals surface area contributed by atoms with Crippen molar-refractivity contribution < 1.29 is 14.4 Å². The number of benzene rings is 2. The fourth-order valence-electron chi connectivity index (χ4n) is 2.08. The molecule has 0 radical (unpaired) electrons. The fourth-order valence-corrected chi connectivity index (χ4v) is 2.08. The van der Waals surface area contributed by atoms with Crippen LogP contribution in [0.4, 0.5) is 4.39 Å². The monoisotopic (exact) mass is 273 g/mol. The van der Waals surface area contributed by atoms with Gasteiger partial charge in [0.15, 0.2) is 0 Å². The minimum absolute atomic E-state index is 0.196. The Morgan fingerprint density at radius 2 is 1.65 bits per heavy atom. The van der Waals surface area contributed by atoms with Crippen molar-refractivity contribution in [3.63, 3.8) is 0 Å². The van der Waals surface area contributed by atoms with Crippen LogP contribution in [0.25, 0.3) is 0 Å². The van der Waals surface area contributed by atoms with Gasteiger partial charge in [0.1, 0.15) is 5.82 Å². The van der Waals surface area contributed by atoms with Crippen LogP contribution in [-0.4, -0.2) is 29.1 Å². The van der Waals surface area contributed by atoms with E-state index in [1.54, 1.807) is 24.3 Å². The second-order valence-electron chi connectivity index (χ2n) is 4.88. The first kappa shape index (κ1) is 14.7. The average Bonchev–Trinajstić information content (AvgIpc) is 2.42. The van der Waals surface area contributed by atoms with Crippen molar-refractivity contribution in [1.82, 2.24) is 4.90 Å². The van der Waals surface area contributed by atoms with Gasteiger partial charge in [-0.15, -0.1) is 0 Å². The van der Waals surface area contributed by atoms with E-state index in [0.717, 1.165) is 5.56 Å². The van der Waals surface area contributed by atoms with Crippen LogP contribution in [0, 0.1) is 5.82 Å². The van der Waals surface area contributed by atoms with Gasteiger partial charge in [0.2, 0.25) is 0 Å². The fraction of sp³-hybridized carbons (Fsp3) is 0.200. The van der Waals surface area contributed by atoms with E-state index in [1.165, 1.54) is 6.07 Å². The molecule has 0 spiro atoms. The van der Waals surface area contributed by atoms with Gasteiger partial charge in [-0.05, 0) is 24.1 Å². The zero-order valence-corrected chi connectivity index (χ0v) is 11.3. The molecule has 0 aromatic heterocycles. The van der Waals surface area contributed by atoms with E-state index in [2.05, 4.69) is 0 Å². The second kappa shape index (κ2) is 6.66. The standard InChI is InChI=1S/C15H17BFNO2/c1-18(11-13-4-2-3-5-15(13)17)10-12-6-8-14(9-7-12)16(19)20/h2-9,19-20H,10-11H2,1H3. The molecule has 0 bridgehead atoms. The van der Waals surface area contributed by atoms with E-state index in [0.29, 0.717) is 24.1 Å². The van der Waals surface area contributed by atoms with Crippen LogP contribution >= 0.6 is 0 Å². The molecule has 2 N–H and O–H groups in total. The van der Waals surface area contributed by atoms with Crippen LogP contribution in [0.1, 0.15) is 11.1 Å². The van der Waals surface area contributed by atoms with Crippen molar-refractivity contribution in [3.8, 4) is 0 Å². The van der Waals surface area contributed by atoms with Crippen LogP contribution in [-0.2, 0) is 13.1 Å². The summed E-state index contributed by atoms with van der Waals surface area (Å²) in [7, 11) is 0.474. The Bertz CT molecular complexity index is 560. The number of nitrogens with zero attached hydrogens (tertiary/aromatic N) is 1. The lowest BCUT2D eigenvalue weighted by atomic mass is 9.80. The molecule has 0 aliphatic heterocycles. The highest BCUT2D eigenvalue weighted by atomic mass is 19.1. The summed E-state index contributed by atoms with van der Waals surface area (Å²) >= 11 is 0. The summed E-state index contributed by atoms with van der Waals surface area (Å²) in [4.78, 5) is 2.00. The first-order valence-electron chi connectivity index (χ1n) is 6.43. The molecule has 20 heavy (non-hydrogen) atoms. The zero-order valence-electron chi connectivity index (χ0n) is 11.3. The SMILES string of the molecule is CN(Cc1ccc(B(O)O)cc1)Cc1ccccc1F. The lowest BCUT2D eigenvalue weighted by Crippen LogP contribution is -2.29. The van der Waals surface area contributed by atoms with Crippen LogP contribution in [0.5, 0.6) is 0 Å². The smallest absolute Gasteiger partial charge is 0.423 e. The third-order valence-electron chi connectivity index (χ3n) is 3.13. The van der Waals surface area contributed by atoms with Crippen LogP contribution in [0.15, 0.2) is 48.5 Å². The van der Waals surface area contributed by atoms with E-state index in [-0.39, 0.29) is 5.82 Å². The number of hydrogen-bond donors (Lipinski definition) is 2. The largest absolute Gasteiger partial charge is 0.488 e. The van der Waals surface area contributed by atoms with Gasteiger partial charge in [0.25, 0.3) is 0 Å². The molecule has 5 heteroatoms. The van der Waals surface area contributed by atoms with Gasteiger partial charge in [-0.25, -0.2) is 4.39 Å². The normalized spacial score (nSPS) is 10.8. The molecule has 0 saturated carbocycles. The van der Waals surface area contributed by atoms with Crippen molar-refractivity contribution >= 4 is 12.6 Å². The summed E-state index contributed by atoms with van der Waals surface area (Å²) in [5.41, 5.74) is 2.16. The van der Waals surface area contributed by atoms with Crippen molar-refractivity contribution in [2.45, 2.75) is 13.1 Å². The van der Waals surface area contributed by atoms with Gasteiger partial charge in [0, 0.05) is 18.7 Å². The maximum absolute atomic E-state index is 13.5. The van der Waals surface area contributed by atoms with Gasteiger partial charge in [-0.3, -0.25) is 4.90 Å². The second-order valence-corrected chi connectivity index (χ2v) is 4.88. The van der Waals surface area contributed by atoms with E-state index in [9.17, 15) is 4.39 Å². The van der Waals surface area contributed by atoms with Gasteiger partial charge in [-0.1, -0.05) is 42.5 Å². The van der Waals surface area contributed by atoms with E-state index in [4.69, 9.17) is 10.0 Å². The average molecular weight is 273 g/mol. The van der Waals surface area contributed by atoms with Crippen LogP contribution < -0.4 is 5.46 Å². The molecule has 0 aliphatic carbocycles. The van der Waals surface area contributed by atoms with E-state index in [1.807, 2.05) is 30.1 Å². The maximum Gasteiger partial charge on any atom is 0.488 e. The molecule has 3 nitrogen and oxygen atoms in total. The minimum atomic E-state index is -1.44. The molecule has 2 rings (SSSR count). The number of rotatable bonds is 5. The quantitative estimate of drug-likeness (QED) is 0.803. The van der Waals surface area contributed by atoms with Crippen molar-refractivity contribution in [2.24, 2.45) is 0 Å². The molecule has 0 fully saturated rings. The zero-order chi connectivity index (χ0) is 14.5. The summed E-state index contributed by atoms with van der Waals surface area (Å²) < 4.78 is 13.5. The topological polar surface area (TPSA) is 43.7 Å². The van der Waals surface area contributed by atoms with Crippen LogP contribution in [0.3, 0.4) is 0 Å². The summed E-state index contributed by atoms with van der Waals surface area (Å²) in [6.45, 7) is 1.19. The number of hydrogen-bond acceptors (Lipinski definition) is 3. The minimum Gasteiger partial charge on any atom is -0.423 e. The highest BCUT2D eigenvalue weighted by Crippen LogP contribution is 2.11. The summed E-state index contributed by atoms with van der Waals surface area (Å²) in [5, 5.41) is 18.1. The molecule has 104 valence electrons.